The van der Waals surface area contributed by atoms with Gasteiger partial charge in [-0.2, -0.15) is 0 Å². The number of nitrogens with zero attached hydrogens (tertiary/aromatic N) is 4. The number of carbonyl (C=O) groups is 1. The largest absolute Gasteiger partial charge is 0.415 e. The van der Waals surface area contributed by atoms with Gasteiger partial charge >= 0.3 is 6.09 Å². The van der Waals surface area contributed by atoms with Crippen LogP contribution in [-0.2, 0) is 11.8 Å². The summed E-state index contributed by atoms with van der Waals surface area (Å²) in [4.78, 5) is 37.6. The maximum atomic E-state index is 13.0. The fourth-order valence-corrected chi connectivity index (χ4v) is 5.65. The summed E-state index contributed by atoms with van der Waals surface area (Å²) in [5, 5.41) is 1.22. The van der Waals surface area contributed by atoms with Gasteiger partial charge in [0.15, 0.2) is 10.3 Å². The number of carbonyl (C=O) groups excluding carboxylic acids is 1. The number of hydrogen-bond donors (Lipinski definition) is 0. The van der Waals surface area contributed by atoms with Crippen molar-refractivity contribution in [1.29, 1.82) is 0 Å². The van der Waals surface area contributed by atoms with Gasteiger partial charge in [-0.15, -0.1) is 0 Å². The molecule has 2 aliphatic heterocycles. The molecule has 0 unspecified atom stereocenters. The number of fused-ring (bicyclic) bond motifs is 1. The molecule has 8 nitrogen and oxygen atoms in total. The smallest absolute Gasteiger partial charge is 0.410 e. The monoisotopic (exact) mass is 474 g/mol. The first kappa shape index (κ1) is 21.4. The Balaban J connectivity index is 1.43. The molecule has 0 N–H and O–H groups in total. The van der Waals surface area contributed by atoms with E-state index in [0.29, 0.717) is 45.9 Å². The molecular formula is C22H23ClN4O4S. The molecule has 1 amide bonds. The Morgan fingerprint density at radius 2 is 2.06 bits per heavy atom. The van der Waals surface area contributed by atoms with Crippen LogP contribution in [0.25, 0.3) is 10.3 Å². The van der Waals surface area contributed by atoms with E-state index in [-0.39, 0.29) is 17.5 Å². The van der Waals surface area contributed by atoms with Crippen LogP contribution in [0.4, 0.5) is 4.79 Å². The molecule has 2 aromatic heterocycles. The van der Waals surface area contributed by atoms with Crippen molar-refractivity contribution < 1.29 is 14.3 Å². The molecule has 0 spiro atoms. The number of amides is 1. The Bertz CT molecular complexity index is 1220. The van der Waals surface area contributed by atoms with Gasteiger partial charge in [-0.1, -0.05) is 29.0 Å². The lowest BCUT2D eigenvalue weighted by Gasteiger charge is -2.22. The maximum Gasteiger partial charge on any atom is 0.415 e. The first-order valence-corrected chi connectivity index (χ1v) is 11.9. The predicted octanol–water partition coefficient (Wildman–Crippen LogP) is 4.27. The SMILES string of the molecule is Cn1c(C2CCOCC2)nc2sc([C@H]3CCCN3C(=O)Oc3cccc(Cl)c3)nc2c1=O. The zero-order valence-electron chi connectivity index (χ0n) is 17.6. The summed E-state index contributed by atoms with van der Waals surface area (Å²) < 4.78 is 12.6. The van der Waals surface area contributed by atoms with Crippen LogP contribution in [-0.4, -0.2) is 45.3 Å². The second kappa shape index (κ2) is 8.80. The van der Waals surface area contributed by atoms with E-state index in [1.165, 1.54) is 11.3 Å². The molecule has 5 rings (SSSR count). The van der Waals surface area contributed by atoms with Crippen LogP contribution < -0.4 is 10.3 Å². The molecule has 2 aliphatic rings. The molecule has 1 aromatic carbocycles. The third-order valence-corrected chi connectivity index (χ3v) is 7.34. The number of benzene rings is 1. The van der Waals surface area contributed by atoms with Crippen LogP contribution >= 0.6 is 22.9 Å². The van der Waals surface area contributed by atoms with E-state index >= 15 is 0 Å². The van der Waals surface area contributed by atoms with Crippen LogP contribution in [0.1, 0.15) is 48.5 Å². The zero-order chi connectivity index (χ0) is 22.2. The molecule has 0 radical (unpaired) electrons. The number of aromatic nitrogens is 3. The van der Waals surface area contributed by atoms with Gasteiger partial charge in [-0.25, -0.2) is 14.8 Å². The third-order valence-electron chi connectivity index (χ3n) is 6.05. The highest BCUT2D eigenvalue weighted by atomic mass is 35.5. The Kier molecular flexibility index (Phi) is 5.88. The number of hydrogen-bond acceptors (Lipinski definition) is 7. The number of halogens is 1. The fraction of sp³-hybridized carbons (Fsp3) is 0.455. The molecule has 168 valence electrons. The van der Waals surface area contributed by atoms with E-state index in [9.17, 15) is 9.59 Å². The van der Waals surface area contributed by atoms with E-state index in [0.717, 1.165) is 31.5 Å². The van der Waals surface area contributed by atoms with E-state index < -0.39 is 6.09 Å². The standard InChI is InChI=1S/C22H23ClN4O4S/c1-26-18(13-7-10-30-11-8-13)25-20-17(21(26)28)24-19(32-20)16-6-3-9-27(16)22(29)31-15-5-2-4-14(23)12-15/h2,4-5,12-13,16H,3,6-11H2,1H3/t16-/m1/s1. The van der Waals surface area contributed by atoms with E-state index in [1.807, 2.05) is 0 Å². The molecule has 0 bridgehead atoms. The second-order valence-electron chi connectivity index (χ2n) is 8.10. The van der Waals surface area contributed by atoms with Crippen molar-refractivity contribution in [1.82, 2.24) is 19.4 Å². The van der Waals surface area contributed by atoms with Gasteiger partial charge in [0.2, 0.25) is 0 Å². The molecule has 3 aromatic rings. The predicted molar refractivity (Wildman–Crippen MR) is 122 cm³/mol. The van der Waals surface area contributed by atoms with Crippen LogP contribution in [0.5, 0.6) is 5.75 Å². The zero-order valence-corrected chi connectivity index (χ0v) is 19.2. The van der Waals surface area contributed by atoms with Crippen molar-refractivity contribution in [3.8, 4) is 5.75 Å². The van der Waals surface area contributed by atoms with Crippen molar-refractivity contribution in [3.63, 3.8) is 0 Å². The minimum absolute atomic E-state index is 0.148. The van der Waals surface area contributed by atoms with Crippen LogP contribution in [0.15, 0.2) is 29.1 Å². The topological polar surface area (TPSA) is 86.6 Å². The third kappa shape index (κ3) is 4.00. The minimum atomic E-state index is -0.447. The maximum absolute atomic E-state index is 13.0. The molecule has 0 saturated carbocycles. The van der Waals surface area contributed by atoms with Crippen molar-refractivity contribution >= 4 is 39.4 Å². The van der Waals surface area contributed by atoms with Crippen molar-refractivity contribution in [3.05, 3.63) is 50.5 Å². The molecule has 2 saturated heterocycles. The summed E-state index contributed by atoms with van der Waals surface area (Å²) in [7, 11) is 1.75. The van der Waals surface area contributed by atoms with Gasteiger partial charge < -0.3 is 9.47 Å². The van der Waals surface area contributed by atoms with Gasteiger partial charge in [0.25, 0.3) is 5.56 Å². The van der Waals surface area contributed by atoms with Gasteiger partial charge in [-0.05, 0) is 43.9 Å². The van der Waals surface area contributed by atoms with Crippen molar-refractivity contribution in [2.45, 2.75) is 37.6 Å². The Hall–Kier alpha value is -2.49. The highest BCUT2D eigenvalue weighted by molar-refractivity contribution is 7.18. The normalized spacial score (nSPS) is 19.6. The molecule has 4 heterocycles. The van der Waals surface area contributed by atoms with Gasteiger partial charge in [0.1, 0.15) is 16.6 Å². The number of thiazole rings is 1. The summed E-state index contributed by atoms with van der Waals surface area (Å²) >= 11 is 7.38. The molecule has 10 heteroatoms. The molecular weight excluding hydrogens is 452 g/mol. The number of ether oxygens (including phenoxy) is 2. The summed E-state index contributed by atoms with van der Waals surface area (Å²) in [5.74, 6) is 1.38. The molecule has 32 heavy (non-hydrogen) atoms. The average Bonchev–Trinajstić information content (AvgIpc) is 3.44. The minimum Gasteiger partial charge on any atom is -0.410 e. The second-order valence-corrected chi connectivity index (χ2v) is 9.55. The van der Waals surface area contributed by atoms with Crippen LogP contribution in [0, 0.1) is 0 Å². The highest BCUT2D eigenvalue weighted by Crippen LogP contribution is 2.36. The van der Waals surface area contributed by atoms with Crippen molar-refractivity contribution in [2.75, 3.05) is 19.8 Å². The van der Waals surface area contributed by atoms with Crippen LogP contribution in [0.2, 0.25) is 5.02 Å². The fourth-order valence-electron chi connectivity index (χ4n) is 4.38. The van der Waals surface area contributed by atoms with Gasteiger partial charge in [-0.3, -0.25) is 14.3 Å². The van der Waals surface area contributed by atoms with Crippen molar-refractivity contribution in [2.24, 2.45) is 7.05 Å². The molecule has 0 aliphatic carbocycles. The van der Waals surface area contributed by atoms with Gasteiger partial charge in [0, 0.05) is 37.7 Å². The summed E-state index contributed by atoms with van der Waals surface area (Å²) in [5.41, 5.74) is 0.211. The lowest BCUT2D eigenvalue weighted by atomic mass is 9.99. The van der Waals surface area contributed by atoms with Gasteiger partial charge in [0.05, 0.1) is 6.04 Å². The summed E-state index contributed by atoms with van der Waals surface area (Å²) in [6.07, 6.45) is 2.85. The van der Waals surface area contributed by atoms with E-state index in [1.54, 1.807) is 40.8 Å². The quantitative estimate of drug-likeness (QED) is 0.563. The average molecular weight is 475 g/mol. The summed E-state index contributed by atoms with van der Waals surface area (Å²) in [6, 6.07) is 6.52. The summed E-state index contributed by atoms with van der Waals surface area (Å²) in [6.45, 7) is 1.93. The Morgan fingerprint density at radius 3 is 2.84 bits per heavy atom. The first-order chi connectivity index (χ1) is 15.5. The highest BCUT2D eigenvalue weighted by Gasteiger charge is 2.34. The number of likely N-dealkylation sites (tertiary alicyclic amines) is 1. The lowest BCUT2D eigenvalue weighted by Crippen LogP contribution is -2.33. The lowest BCUT2D eigenvalue weighted by molar-refractivity contribution is 0.0828. The molecule has 1 atom stereocenters. The van der Waals surface area contributed by atoms with Crippen LogP contribution in [0.3, 0.4) is 0 Å². The van der Waals surface area contributed by atoms with E-state index in [2.05, 4.69) is 4.98 Å². The number of rotatable bonds is 3. The molecule has 2 fully saturated rings. The Labute approximate surface area is 193 Å². The first-order valence-electron chi connectivity index (χ1n) is 10.7. The van der Waals surface area contributed by atoms with E-state index in [4.69, 9.17) is 26.1 Å². The Morgan fingerprint density at radius 1 is 1.25 bits per heavy atom.